The number of aliphatic hydroxyl groups is 1. The molecule has 1 aliphatic heterocycles. The van der Waals surface area contributed by atoms with Gasteiger partial charge in [-0.05, 0) is 43.0 Å². The monoisotopic (exact) mass is 592 g/mol. The number of aryl methyl sites for hydroxylation is 3. The number of nitrogens with zero attached hydrogens (tertiary/aromatic N) is 4. The SMILES string of the molecule is CCCc1cn2c3c(cc(C(=O)N[C@@H](Cc4ccccc4)[C@H](O)CNCc4cnn(CC)c4)cc13)N(C)S(=O)(=O)CC2. The molecule has 42 heavy (non-hydrogen) atoms. The molecular weight excluding hydrogens is 552 g/mol. The first-order chi connectivity index (χ1) is 20.2. The van der Waals surface area contributed by atoms with E-state index in [9.17, 15) is 18.3 Å². The smallest absolute Gasteiger partial charge is 0.251 e. The van der Waals surface area contributed by atoms with Crippen molar-refractivity contribution >= 4 is 32.5 Å². The van der Waals surface area contributed by atoms with E-state index < -0.39 is 22.2 Å². The number of aromatic nitrogens is 3. The molecule has 0 aliphatic carbocycles. The van der Waals surface area contributed by atoms with E-state index >= 15 is 0 Å². The number of rotatable bonds is 12. The predicted molar refractivity (Wildman–Crippen MR) is 165 cm³/mol. The molecule has 2 aromatic carbocycles. The summed E-state index contributed by atoms with van der Waals surface area (Å²) >= 11 is 0. The third-order valence-corrected chi connectivity index (χ3v) is 9.67. The Labute approximate surface area is 247 Å². The molecule has 3 heterocycles. The molecule has 10 nitrogen and oxygen atoms in total. The van der Waals surface area contributed by atoms with Crippen LogP contribution in [-0.4, -0.2) is 65.3 Å². The van der Waals surface area contributed by atoms with Crippen LogP contribution < -0.4 is 14.9 Å². The Hall–Kier alpha value is -3.67. The van der Waals surface area contributed by atoms with Crippen LogP contribution in [0.15, 0.2) is 61.1 Å². The maximum atomic E-state index is 13.8. The third-order valence-electron chi connectivity index (χ3n) is 7.94. The Morgan fingerprint density at radius 2 is 1.90 bits per heavy atom. The van der Waals surface area contributed by atoms with Crippen molar-refractivity contribution in [3.05, 3.63) is 83.3 Å². The summed E-state index contributed by atoms with van der Waals surface area (Å²) in [5.74, 6) is -0.366. The number of sulfonamides is 1. The normalized spacial score (nSPS) is 15.9. The van der Waals surface area contributed by atoms with Crippen LogP contribution in [0.5, 0.6) is 0 Å². The number of carbonyl (C=O) groups is 1. The Balaban J connectivity index is 1.42. The maximum absolute atomic E-state index is 13.8. The van der Waals surface area contributed by atoms with Crippen LogP contribution in [0.1, 0.15) is 47.3 Å². The van der Waals surface area contributed by atoms with Gasteiger partial charge in [0.25, 0.3) is 5.91 Å². The highest BCUT2D eigenvalue weighted by atomic mass is 32.2. The molecule has 0 radical (unpaired) electrons. The lowest BCUT2D eigenvalue weighted by Gasteiger charge is -2.25. The van der Waals surface area contributed by atoms with E-state index in [2.05, 4.69) is 22.7 Å². The van der Waals surface area contributed by atoms with Gasteiger partial charge in [0, 0.05) is 62.1 Å². The molecule has 3 N–H and O–H groups in total. The minimum atomic E-state index is -3.53. The van der Waals surface area contributed by atoms with E-state index in [1.165, 1.54) is 4.31 Å². The highest BCUT2D eigenvalue weighted by Gasteiger charge is 2.29. The standard InChI is InChI=1S/C31H40N6O4S/c1-4-9-24-21-36-12-13-42(40,41)35(3)28-16-25(15-26(24)30(28)36)31(39)34-27(14-22-10-7-6-8-11-22)29(38)19-32-17-23-18-33-37(5-2)20-23/h6-8,10-11,15-16,18,20-21,27,29,32,38H,4-5,9,12-14,17,19H2,1-3H3,(H,34,39)/t27-,29+/m0/s1. The summed E-state index contributed by atoms with van der Waals surface area (Å²) in [5, 5.41) is 22.8. The Morgan fingerprint density at radius 1 is 1.12 bits per heavy atom. The van der Waals surface area contributed by atoms with Gasteiger partial charge in [-0.3, -0.25) is 13.8 Å². The van der Waals surface area contributed by atoms with Crippen LogP contribution in [0, 0.1) is 0 Å². The first-order valence-corrected chi connectivity index (χ1v) is 16.2. The van der Waals surface area contributed by atoms with Crippen molar-refractivity contribution in [2.75, 3.05) is 23.7 Å². The highest BCUT2D eigenvalue weighted by Crippen LogP contribution is 2.36. The minimum Gasteiger partial charge on any atom is -0.390 e. The van der Waals surface area contributed by atoms with E-state index in [1.54, 1.807) is 19.3 Å². The first-order valence-electron chi connectivity index (χ1n) is 14.6. The van der Waals surface area contributed by atoms with Gasteiger partial charge >= 0.3 is 0 Å². The van der Waals surface area contributed by atoms with Gasteiger partial charge in [0.05, 0.1) is 35.3 Å². The zero-order chi connectivity index (χ0) is 29.9. The second-order valence-electron chi connectivity index (χ2n) is 10.9. The van der Waals surface area contributed by atoms with Crippen LogP contribution in [-0.2, 0) is 42.5 Å². The highest BCUT2D eigenvalue weighted by molar-refractivity contribution is 7.92. The van der Waals surface area contributed by atoms with Crippen LogP contribution >= 0.6 is 0 Å². The molecule has 4 aromatic rings. The number of amides is 1. The lowest BCUT2D eigenvalue weighted by molar-refractivity contribution is 0.0830. The van der Waals surface area contributed by atoms with Gasteiger partial charge in [-0.2, -0.15) is 5.10 Å². The molecule has 0 saturated carbocycles. The van der Waals surface area contributed by atoms with Crippen molar-refractivity contribution in [1.82, 2.24) is 25.0 Å². The largest absolute Gasteiger partial charge is 0.390 e. The van der Waals surface area contributed by atoms with Crippen molar-refractivity contribution < 1.29 is 18.3 Å². The van der Waals surface area contributed by atoms with Gasteiger partial charge in [-0.15, -0.1) is 0 Å². The van der Waals surface area contributed by atoms with Crippen LogP contribution in [0.3, 0.4) is 0 Å². The molecule has 1 aliphatic rings. The summed E-state index contributed by atoms with van der Waals surface area (Å²) in [6.07, 6.45) is 7.09. The average Bonchev–Trinajstić information content (AvgIpc) is 3.57. The zero-order valence-corrected chi connectivity index (χ0v) is 25.3. The number of hydrogen-bond acceptors (Lipinski definition) is 6. The second kappa shape index (κ2) is 12.7. The van der Waals surface area contributed by atoms with Gasteiger partial charge in [-0.1, -0.05) is 43.7 Å². The summed E-state index contributed by atoms with van der Waals surface area (Å²) in [6, 6.07) is 12.7. The molecule has 11 heteroatoms. The lowest BCUT2D eigenvalue weighted by atomic mass is 9.99. The molecule has 0 fully saturated rings. The van der Waals surface area contributed by atoms with Gasteiger partial charge in [0.1, 0.15) is 0 Å². The van der Waals surface area contributed by atoms with Crippen LogP contribution in [0.2, 0.25) is 0 Å². The van der Waals surface area contributed by atoms with Crippen molar-refractivity contribution in [3.63, 3.8) is 0 Å². The summed E-state index contributed by atoms with van der Waals surface area (Å²) in [5.41, 5.74) is 4.78. The van der Waals surface area contributed by atoms with Gasteiger partial charge in [0.15, 0.2) is 0 Å². The predicted octanol–water partition coefficient (Wildman–Crippen LogP) is 3.08. The molecule has 0 spiro atoms. The number of hydrogen-bond donors (Lipinski definition) is 3. The minimum absolute atomic E-state index is 0.00731. The van der Waals surface area contributed by atoms with Crippen molar-refractivity contribution in [3.8, 4) is 0 Å². The Bertz CT molecular complexity index is 1650. The summed E-state index contributed by atoms with van der Waals surface area (Å²) in [4.78, 5) is 13.8. The molecule has 1 amide bonds. The molecule has 5 rings (SSSR count). The van der Waals surface area contributed by atoms with E-state index in [4.69, 9.17) is 0 Å². The fraction of sp³-hybridized carbons (Fsp3) is 0.419. The topological polar surface area (TPSA) is 121 Å². The summed E-state index contributed by atoms with van der Waals surface area (Å²) in [6.45, 7) is 6.08. The number of aliphatic hydroxyl groups excluding tert-OH is 1. The summed E-state index contributed by atoms with van der Waals surface area (Å²) in [7, 11) is -1.99. The maximum Gasteiger partial charge on any atom is 0.251 e. The van der Waals surface area contributed by atoms with E-state index in [-0.39, 0.29) is 18.2 Å². The Morgan fingerprint density at radius 3 is 2.62 bits per heavy atom. The van der Waals surface area contributed by atoms with Crippen LogP contribution in [0.25, 0.3) is 10.9 Å². The molecule has 0 bridgehead atoms. The first kappa shape index (κ1) is 29.8. The molecule has 0 saturated heterocycles. The lowest BCUT2D eigenvalue weighted by Crippen LogP contribution is -2.48. The fourth-order valence-electron chi connectivity index (χ4n) is 5.58. The third kappa shape index (κ3) is 6.38. The summed E-state index contributed by atoms with van der Waals surface area (Å²) < 4.78 is 31.1. The molecular formula is C31H40N6O4S. The van der Waals surface area contributed by atoms with Crippen LogP contribution in [0.4, 0.5) is 5.69 Å². The fourth-order valence-corrected chi connectivity index (χ4v) is 6.72. The second-order valence-corrected chi connectivity index (χ2v) is 13.1. The van der Waals surface area contributed by atoms with E-state index in [0.29, 0.717) is 30.8 Å². The van der Waals surface area contributed by atoms with Crippen molar-refractivity contribution in [1.29, 1.82) is 0 Å². The Kier molecular flexibility index (Phi) is 9.00. The van der Waals surface area contributed by atoms with Gasteiger partial charge in [-0.25, -0.2) is 8.42 Å². The molecule has 224 valence electrons. The van der Waals surface area contributed by atoms with Gasteiger partial charge < -0.3 is 20.3 Å². The number of benzene rings is 2. The zero-order valence-electron chi connectivity index (χ0n) is 24.5. The van der Waals surface area contributed by atoms with E-state index in [0.717, 1.165) is 47.0 Å². The quantitative estimate of drug-likeness (QED) is 0.233. The molecule has 2 aromatic heterocycles. The van der Waals surface area contributed by atoms with Gasteiger partial charge in [0.2, 0.25) is 10.0 Å². The van der Waals surface area contributed by atoms with E-state index in [1.807, 2.05) is 65.0 Å². The van der Waals surface area contributed by atoms with Crippen molar-refractivity contribution in [2.45, 2.75) is 64.9 Å². The number of carbonyl (C=O) groups excluding carboxylic acids is 1. The number of nitrogens with one attached hydrogen (secondary N) is 2. The molecule has 2 atom stereocenters. The molecule has 0 unspecified atom stereocenters. The average molecular weight is 593 g/mol. The number of anilines is 1. The van der Waals surface area contributed by atoms with Crippen molar-refractivity contribution in [2.24, 2.45) is 0 Å².